The van der Waals surface area contributed by atoms with Crippen LogP contribution >= 0.6 is 11.6 Å². The van der Waals surface area contributed by atoms with Gasteiger partial charge in [-0.05, 0) is 17.7 Å². The van der Waals surface area contributed by atoms with E-state index in [4.69, 9.17) is 11.6 Å². The summed E-state index contributed by atoms with van der Waals surface area (Å²) >= 11 is 5.49. The quantitative estimate of drug-likeness (QED) is 0.324. The predicted molar refractivity (Wildman–Crippen MR) is 66.6 cm³/mol. The summed E-state index contributed by atoms with van der Waals surface area (Å²) in [4.78, 5) is 0. The minimum absolute atomic E-state index is 0.406. The van der Waals surface area contributed by atoms with Crippen molar-refractivity contribution in [1.29, 1.82) is 0 Å². The van der Waals surface area contributed by atoms with Crippen LogP contribution in [0, 0.1) is 0 Å². The van der Waals surface area contributed by atoms with E-state index in [1.54, 1.807) is 0 Å². The highest BCUT2D eigenvalue weighted by molar-refractivity contribution is 8.22. The van der Waals surface area contributed by atoms with Crippen LogP contribution in [0.25, 0.3) is 0 Å². The molecule has 0 aromatic carbocycles. The van der Waals surface area contributed by atoms with E-state index >= 15 is 0 Å². The number of sulfone groups is 1. The van der Waals surface area contributed by atoms with Crippen LogP contribution in [0.1, 0.15) is 0 Å². The monoisotopic (exact) mass is 405 g/mol. The number of pyridine rings is 1. The molecule has 0 bridgehead atoms. The molecule has 5 nitrogen and oxygen atoms in total. The van der Waals surface area contributed by atoms with Gasteiger partial charge in [-0.3, -0.25) is 4.21 Å². The van der Waals surface area contributed by atoms with Crippen molar-refractivity contribution in [2.24, 2.45) is 0 Å². The molecule has 0 spiro atoms. The zero-order valence-electron chi connectivity index (χ0n) is 10.6. The molecule has 1 unspecified atom stereocenters. The SMILES string of the molecule is O=S(=O)(C(C[n+]1ccccc1Cl)=S(=O)([O-])C(F)(F)F)C(F)(F)F. The molecule has 1 rings (SSSR count). The van der Waals surface area contributed by atoms with Gasteiger partial charge in [-0.25, -0.2) is 8.42 Å². The Hall–Kier alpha value is -1.05. The van der Waals surface area contributed by atoms with Crippen LogP contribution in [0.15, 0.2) is 24.4 Å². The third-order valence-electron chi connectivity index (χ3n) is 2.39. The number of halogens is 7. The van der Waals surface area contributed by atoms with Crippen molar-refractivity contribution in [3.05, 3.63) is 29.5 Å². The smallest absolute Gasteiger partial charge is 0.502 e. The van der Waals surface area contributed by atoms with Gasteiger partial charge in [-0.2, -0.15) is 30.9 Å². The van der Waals surface area contributed by atoms with Crippen molar-refractivity contribution < 1.29 is 48.1 Å². The van der Waals surface area contributed by atoms with Gasteiger partial charge in [0.1, 0.15) is 0 Å². The Balaban J connectivity index is 3.78. The lowest BCUT2D eigenvalue weighted by Crippen LogP contribution is -2.49. The number of hydrogen-bond donors (Lipinski definition) is 0. The summed E-state index contributed by atoms with van der Waals surface area (Å²) < 4.78 is 118. The maximum atomic E-state index is 12.5. The molecule has 0 aliphatic carbocycles. The summed E-state index contributed by atoms with van der Waals surface area (Å²) in [6.07, 6.45) is 0.820. The van der Waals surface area contributed by atoms with Crippen molar-refractivity contribution in [2.75, 3.05) is 0 Å². The highest BCUT2D eigenvalue weighted by Gasteiger charge is 2.54. The normalized spacial score (nSPS) is 16.0. The van der Waals surface area contributed by atoms with Gasteiger partial charge in [0.05, 0.1) is 0 Å². The van der Waals surface area contributed by atoms with E-state index in [1.807, 2.05) is 0 Å². The summed E-state index contributed by atoms with van der Waals surface area (Å²) in [5.74, 6) is 0. The largest absolute Gasteiger partial charge is 0.770 e. The highest BCUT2D eigenvalue weighted by atomic mass is 35.5. The zero-order chi connectivity index (χ0) is 18.3. The molecule has 1 atom stereocenters. The maximum absolute atomic E-state index is 12.5. The lowest BCUT2D eigenvalue weighted by molar-refractivity contribution is -0.678. The summed E-state index contributed by atoms with van der Waals surface area (Å²) in [5, 5.41) is -0.472. The first-order chi connectivity index (χ1) is 10.1. The Labute approximate surface area is 131 Å². The lowest BCUT2D eigenvalue weighted by Gasteiger charge is -2.23. The van der Waals surface area contributed by atoms with Crippen LogP contribution in [-0.4, -0.2) is 32.4 Å². The molecule has 0 N–H and O–H groups in total. The predicted octanol–water partition coefficient (Wildman–Crippen LogP) is 1.63. The fourth-order valence-electron chi connectivity index (χ4n) is 1.30. The molecule has 0 radical (unpaired) electrons. The van der Waals surface area contributed by atoms with Crippen molar-refractivity contribution in [1.82, 2.24) is 0 Å². The molecule has 0 saturated carbocycles. The minimum atomic E-state index is -6.77. The molecule has 0 fully saturated rings. The van der Waals surface area contributed by atoms with E-state index in [1.165, 1.54) is 6.07 Å². The molecule has 1 heterocycles. The van der Waals surface area contributed by atoms with E-state index in [0.717, 1.165) is 18.3 Å². The second kappa shape index (κ2) is 6.11. The average molecular weight is 406 g/mol. The first-order valence-electron chi connectivity index (χ1n) is 5.25. The molecule has 0 amide bonds. The summed E-state index contributed by atoms with van der Waals surface area (Å²) in [6, 6.07) is 3.36. The van der Waals surface area contributed by atoms with Crippen LogP contribution in [0.2, 0.25) is 5.15 Å². The molecule has 14 heteroatoms. The molecule has 23 heavy (non-hydrogen) atoms. The first kappa shape index (κ1) is 20.0. The van der Waals surface area contributed by atoms with E-state index in [-0.39, 0.29) is 0 Å². The second-order valence-electron chi connectivity index (χ2n) is 3.92. The summed E-state index contributed by atoms with van der Waals surface area (Å²) in [7, 11) is -13.5. The van der Waals surface area contributed by atoms with Gasteiger partial charge in [0.15, 0.2) is 16.9 Å². The van der Waals surface area contributed by atoms with E-state index in [0.29, 0.717) is 4.57 Å². The lowest BCUT2D eigenvalue weighted by atomic mass is 10.5. The number of nitrogens with zero attached hydrogens (tertiary/aromatic N) is 1. The van der Waals surface area contributed by atoms with Crippen molar-refractivity contribution >= 4 is 35.4 Å². The number of hydrogen-bond acceptors (Lipinski definition) is 4. The van der Waals surface area contributed by atoms with Crippen molar-refractivity contribution in [2.45, 2.75) is 17.6 Å². The number of rotatable bonds is 2. The van der Waals surface area contributed by atoms with E-state index in [2.05, 4.69) is 0 Å². The Morgan fingerprint density at radius 3 is 2.00 bits per heavy atom. The highest BCUT2D eigenvalue weighted by Crippen LogP contribution is 2.31. The average Bonchev–Trinajstić information content (AvgIpc) is 2.34. The fraction of sp³-hybridized carbons (Fsp3) is 0.333. The second-order valence-corrected chi connectivity index (χ2v) is 8.49. The molecule has 0 aliphatic heterocycles. The number of aromatic nitrogens is 1. The van der Waals surface area contributed by atoms with Crippen LogP contribution < -0.4 is 4.57 Å². The molecule has 0 saturated heterocycles. The van der Waals surface area contributed by atoms with Gasteiger partial charge in [-0.15, -0.1) is 0 Å². The zero-order valence-corrected chi connectivity index (χ0v) is 12.9. The summed E-state index contributed by atoms with van der Waals surface area (Å²) in [6.45, 7) is -1.76. The van der Waals surface area contributed by atoms with Gasteiger partial charge in [0.2, 0.25) is 0 Å². The van der Waals surface area contributed by atoms with E-state index < -0.39 is 46.6 Å². The van der Waals surface area contributed by atoms with Crippen LogP contribution in [0.3, 0.4) is 0 Å². The molecule has 1 aromatic rings. The standard InChI is InChI=1S/C9H6ClF6NO4S2/c10-6-3-1-2-4-17(6)5-7(22(18,19)8(11,12)13)23(20,21)9(14,15)16/h1-4H,5H2. The molecule has 132 valence electrons. The van der Waals surface area contributed by atoms with Gasteiger partial charge in [0.25, 0.3) is 15.0 Å². The van der Waals surface area contributed by atoms with Gasteiger partial charge in [-0.1, -0.05) is 0 Å². The van der Waals surface area contributed by atoms with Crippen LogP contribution in [-0.2, 0) is 26.2 Å². The molecule has 1 aromatic heterocycles. The minimum Gasteiger partial charge on any atom is -0.770 e. The third-order valence-corrected chi connectivity index (χ3v) is 6.73. The van der Waals surface area contributed by atoms with Gasteiger partial charge < -0.3 is 4.55 Å². The van der Waals surface area contributed by atoms with Crippen LogP contribution in [0.4, 0.5) is 26.3 Å². The Morgan fingerprint density at radius 2 is 1.61 bits per heavy atom. The third kappa shape index (κ3) is 3.89. The van der Waals surface area contributed by atoms with Gasteiger partial charge >= 0.3 is 11.0 Å². The van der Waals surface area contributed by atoms with Crippen molar-refractivity contribution in [3.8, 4) is 0 Å². The first-order valence-corrected chi connectivity index (χ1v) is 8.59. The summed E-state index contributed by atoms with van der Waals surface area (Å²) in [5.41, 5.74) is -12.5. The molecular formula is C9H6ClF6NO4S2. The topological polar surface area (TPSA) is 78.2 Å². The van der Waals surface area contributed by atoms with Crippen LogP contribution in [0.5, 0.6) is 0 Å². The van der Waals surface area contributed by atoms with E-state index in [9.17, 15) is 43.5 Å². The Kier molecular flexibility index (Phi) is 5.31. The Bertz CT molecular complexity index is 823. The fourth-order valence-corrected chi connectivity index (χ4v) is 4.34. The Morgan fingerprint density at radius 1 is 1.09 bits per heavy atom. The van der Waals surface area contributed by atoms with Gasteiger partial charge in [0, 0.05) is 21.9 Å². The van der Waals surface area contributed by atoms with Crippen molar-refractivity contribution in [3.63, 3.8) is 0 Å². The maximum Gasteiger partial charge on any atom is 0.502 e. The molecule has 0 aliphatic rings. The number of alkyl halides is 6. The molecular weight excluding hydrogens is 400 g/mol.